The molecule has 14 heteroatoms. The fourth-order valence-electron chi connectivity index (χ4n) is 7.57. The number of fused-ring (bicyclic) bond motifs is 1. The Morgan fingerprint density at radius 3 is 2.52 bits per heavy atom. The molecule has 5 aromatic rings. The summed E-state index contributed by atoms with van der Waals surface area (Å²) in [5.41, 5.74) is 3.98. The third-order valence-electron chi connectivity index (χ3n) is 10.4. The molecule has 0 aliphatic carbocycles. The number of alkyl halides is 3. The van der Waals surface area contributed by atoms with E-state index in [9.17, 15) is 33.4 Å². The lowest BCUT2D eigenvalue weighted by Gasteiger charge is -2.20. The van der Waals surface area contributed by atoms with Crippen molar-refractivity contribution < 1.29 is 37.3 Å². The van der Waals surface area contributed by atoms with Gasteiger partial charge in [0, 0.05) is 55.6 Å². The Morgan fingerprint density at radius 1 is 1.09 bits per heavy atom. The highest BCUT2D eigenvalue weighted by Crippen LogP contribution is 2.40. The topological polar surface area (TPSA) is 140 Å². The second-order valence-corrected chi connectivity index (χ2v) is 14.1. The Labute approximate surface area is 320 Å². The molecule has 7 rings (SSSR count). The molecule has 2 aliphatic rings. The predicted octanol–water partition coefficient (Wildman–Crippen LogP) is 7.96. The number of pyridine rings is 1. The second-order valence-electron chi connectivity index (χ2n) is 14.1. The smallest absolute Gasteiger partial charge is 0.417 e. The molecule has 4 heterocycles. The van der Waals surface area contributed by atoms with Gasteiger partial charge in [0.15, 0.2) is 5.58 Å². The maximum Gasteiger partial charge on any atom is 0.417 e. The number of aliphatic hydroxyl groups excluding tert-OH is 1. The van der Waals surface area contributed by atoms with E-state index >= 15 is 0 Å². The highest BCUT2D eigenvalue weighted by Gasteiger charge is 2.35. The van der Waals surface area contributed by atoms with Crippen LogP contribution in [0.1, 0.15) is 51.8 Å². The van der Waals surface area contributed by atoms with Crippen molar-refractivity contribution in [2.45, 2.75) is 45.1 Å². The van der Waals surface area contributed by atoms with E-state index in [1.165, 1.54) is 31.5 Å². The van der Waals surface area contributed by atoms with Gasteiger partial charge in [0.25, 0.3) is 0 Å². The molecule has 286 valence electrons. The second kappa shape index (κ2) is 15.6. The molecule has 3 aromatic carbocycles. The summed E-state index contributed by atoms with van der Waals surface area (Å²) in [7, 11) is 1.37. The van der Waals surface area contributed by atoms with Gasteiger partial charge >= 0.3 is 12.1 Å². The molecular formula is C42H37F3N6O5. The summed E-state index contributed by atoms with van der Waals surface area (Å²) in [5, 5.41) is 29.7. The van der Waals surface area contributed by atoms with Gasteiger partial charge in [-0.25, -0.2) is 9.83 Å². The number of aliphatic carboxylic acids is 1. The van der Waals surface area contributed by atoms with Crippen molar-refractivity contribution in [3.63, 3.8) is 0 Å². The maximum atomic E-state index is 14.5. The van der Waals surface area contributed by atoms with Crippen molar-refractivity contribution >= 4 is 34.9 Å². The van der Waals surface area contributed by atoms with E-state index in [4.69, 9.17) is 20.7 Å². The highest BCUT2D eigenvalue weighted by atomic mass is 19.4. The van der Waals surface area contributed by atoms with Crippen LogP contribution < -0.4 is 4.74 Å². The lowest BCUT2D eigenvalue weighted by molar-refractivity contribution is -0.141. The number of aromatic nitrogens is 2. The average Bonchev–Trinajstić information content (AvgIpc) is 3.93. The Kier molecular flexibility index (Phi) is 10.6. The number of carboxylic acid groups (broad SMARTS) is 1. The van der Waals surface area contributed by atoms with Crippen LogP contribution in [0.5, 0.6) is 5.75 Å². The molecule has 2 aromatic heterocycles. The number of methoxy groups -OCH3 is 1. The van der Waals surface area contributed by atoms with Gasteiger partial charge in [0.05, 0.1) is 48.0 Å². The predicted molar refractivity (Wildman–Crippen MR) is 202 cm³/mol. The SMILES string of the molecule is [C-]#[N+]c1cc(CN2CC[C@@H](O)C2)cc2nc(-c3cccc(-c4nccc(/C=C/c5cc(OC)c(CN6CC[C@@H](C(=O)O)C6)cc5C(F)(F)F)c4C#N)c3C)oc12. The summed E-state index contributed by atoms with van der Waals surface area (Å²) in [6.45, 7) is 12.3. The summed E-state index contributed by atoms with van der Waals surface area (Å²) >= 11 is 0. The number of nitriles is 1. The zero-order valence-electron chi connectivity index (χ0n) is 30.6. The van der Waals surface area contributed by atoms with Crippen molar-refractivity contribution in [1.82, 2.24) is 19.8 Å². The number of carbonyl (C=O) groups is 1. The zero-order chi connectivity index (χ0) is 39.7. The number of benzene rings is 3. The van der Waals surface area contributed by atoms with Crippen LogP contribution >= 0.6 is 0 Å². The minimum absolute atomic E-state index is 0.0978. The normalized spacial score (nSPS) is 17.8. The third-order valence-corrected chi connectivity index (χ3v) is 10.4. The number of nitrogens with zero attached hydrogens (tertiary/aromatic N) is 6. The molecule has 11 nitrogen and oxygen atoms in total. The molecule has 0 unspecified atom stereocenters. The standard InChI is InChI=1S/C42H37F3N6O5/c1-24-31(5-4-6-32(24)40-49-36-16-25(15-35(47-2)39(36)56-40)20-50-14-11-30(52)23-50)38-33(19-46)26(9-12-48-38)7-8-27-18-37(55-3)29(17-34(27)42(43,44)45)22-51-13-10-28(21-51)41(53)54/h4-9,12,15-18,28,30,52H,10-11,13-14,20-23H2,1,3H3,(H,53,54)/b8-7+/t28-,30-/m1/s1. The molecular weight excluding hydrogens is 725 g/mol. The first-order chi connectivity index (χ1) is 26.9. The number of halogens is 3. The van der Waals surface area contributed by atoms with Gasteiger partial charge in [-0.1, -0.05) is 24.3 Å². The van der Waals surface area contributed by atoms with Crippen molar-refractivity contribution in [1.29, 1.82) is 5.26 Å². The number of carboxylic acids is 1. The third kappa shape index (κ3) is 7.72. The molecule has 56 heavy (non-hydrogen) atoms. The average molecular weight is 763 g/mol. The van der Waals surface area contributed by atoms with Crippen LogP contribution in [0, 0.1) is 30.7 Å². The van der Waals surface area contributed by atoms with Gasteiger partial charge in [0.2, 0.25) is 11.6 Å². The van der Waals surface area contributed by atoms with Crippen LogP contribution in [0.4, 0.5) is 18.9 Å². The summed E-state index contributed by atoms with van der Waals surface area (Å²) in [5.74, 6) is -1.01. The number of likely N-dealkylation sites (tertiary alicyclic amines) is 2. The van der Waals surface area contributed by atoms with Crippen molar-refractivity contribution in [3.8, 4) is 34.5 Å². The first kappa shape index (κ1) is 38.2. The molecule has 2 aliphatic heterocycles. The van der Waals surface area contributed by atoms with Crippen molar-refractivity contribution in [3.05, 3.63) is 105 Å². The molecule has 0 amide bonds. The van der Waals surface area contributed by atoms with Gasteiger partial charge in [-0.2, -0.15) is 18.4 Å². The van der Waals surface area contributed by atoms with Crippen LogP contribution in [0.25, 0.3) is 50.8 Å². The van der Waals surface area contributed by atoms with E-state index in [-0.39, 0.29) is 47.5 Å². The lowest BCUT2D eigenvalue weighted by atomic mass is 9.94. The number of aliphatic hydroxyl groups is 1. The summed E-state index contributed by atoms with van der Waals surface area (Å²) in [6.07, 6.45) is 0.252. The molecule has 2 fully saturated rings. The minimum atomic E-state index is -4.71. The number of hydrogen-bond donors (Lipinski definition) is 2. The number of hydrogen-bond acceptors (Lipinski definition) is 9. The van der Waals surface area contributed by atoms with Crippen LogP contribution in [0.15, 0.2) is 59.1 Å². The Morgan fingerprint density at radius 2 is 1.84 bits per heavy atom. The number of β-amino-alcohol motifs (C(OH)–C–C–N with tert-alkyl or cyclic N) is 1. The van der Waals surface area contributed by atoms with E-state index in [1.807, 2.05) is 19.1 Å². The van der Waals surface area contributed by atoms with Crippen LogP contribution in [0.3, 0.4) is 0 Å². The maximum absolute atomic E-state index is 14.5. The molecule has 0 bridgehead atoms. The van der Waals surface area contributed by atoms with Gasteiger partial charge < -0.3 is 19.4 Å². The van der Waals surface area contributed by atoms with Gasteiger partial charge in [0.1, 0.15) is 11.8 Å². The van der Waals surface area contributed by atoms with Gasteiger partial charge in [-0.05, 0) is 85.0 Å². The number of ether oxygens (including phenoxy) is 1. The van der Waals surface area contributed by atoms with Gasteiger partial charge in [-0.15, -0.1) is 0 Å². The molecule has 0 saturated carbocycles. The van der Waals surface area contributed by atoms with E-state index in [0.29, 0.717) is 77.2 Å². The van der Waals surface area contributed by atoms with Crippen LogP contribution in [-0.4, -0.2) is 75.3 Å². The fourth-order valence-corrected chi connectivity index (χ4v) is 7.57. The summed E-state index contributed by atoms with van der Waals surface area (Å²) in [6, 6.07) is 15.1. The quantitative estimate of drug-likeness (QED) is 0.135. The molecule has 2 saturated heterocycles. The van der Waals surface area contributed by atoms with Gasteiger partial charge in [-0.3, -0.25) is 19.6 Å². The Bertz CT molecular complexity index is 2450. The molecule has 0 radical (unpaired) electrons. The van der Waals surface area contributed by atoms with E-state index < -0.39 is 23.6 Å². The zero-order valence-corrected chi connectivity index (χ0v) is 30.6. The molecule has 2 N–H and O–H groups in total. The molecule has 0 spiro atoms. The van der Waals surface area contributed by atoms with Crippen LogP contribution in [0.2, 0.25) is 0 Å². The van der Waals surface area contributed by atoms with E-state index in [0.717, 1.165) is 18.2 Å². The Hall–Kier alpha value is -6.06. The van der Waals surface area contributed by atoms with Crippen molar-refractivity contribution in [2.75, 3.05) is 33.3 Å². The number of oxazole rings is 1. The number of rotatable bonds is 10. The monoisotopic (exact) mass is 762 g/mol. The Balaban J connectivity index is 1.21. The lowest BCUT2D eigenvalue weighted by Crippen LogP contribution is -2.23. The first-order valence-corrected chi connectivity index (χ1v) is 18.0. The summed E-state index contributed by atoms with van der Waals surface area (Å²) in [4.78, 5) is 28.3. The molecule has 2 atom stereocenters. The minimum Gasteiger partial charge on any atom is -0.496 e. The summed E-state index contributed by atoms with van der Waals surface area (Å²) < 4.78 is 55.1. The fraction of sp³-hybridized carbons (Fsp3) is 0.310. The van der Waals surface area contributed by atoms with Crippen molar-refractivity contribution in [2.24, 2.45) is 5.92 Å². The van der Waals surface area contributed by atoms with E-state index in [1.54, 1.807) is 29.2 Å². The first-order valence-electron chi connectivity index (χ1n) is 18.0. The highest BCUT2D eigenvalue weighted by molar-refractivity contribution is 5.90. The van der Waals surface area contributed by atoms with E-state index in [2.05, 4.69) is 20.8 Å². The largest absolute Gasteiger partial charge is 0.496 e. The van der Waals surface area contributed by atoms with Crippen LogP contribution in [-0.2, 0) is 24.1 Å².